The molecule has 0 bridgehead atoms. The summed E-state index contributed by atoms with van der Waals surface area (Å²) in [6, 6.07) is 29.6. The highest BCUT2D eigenvalue weighted by atomic mass is 35.5. The number of fused-ring (bicyclic) bond motifs is 1. The van der Waals surface area contributed by atoms with Crippen LogP contribution in [0.25, 0.3) is 9.69 Å². The second-order valence-electron chi connectivity index (χ2n) is 14.4. The van der Waals surface area contributed by atoms with Gasteiger partial charge in [0.1, 0.15) is 4.99 Å². The average molecular weight is 903 g/mol. The lowest BCUT2D eigenvalue weighted by molar-refractivity contribution is 0.0601. The van der Waals surface area contributed by atoms with Crippen molar-refractivity contribution in [2.75, 3.05) is 69.0 Å². The number of aryl methyl sites for hydroxylation is 2. The van der Waals surface area contributed by atoms with Crippen LogP contribution in [0.3, 0.4) is 0 Å². The van der Waals surface area contributed by atoms with E-state index in [-0.39, 0.29) is 22.7 Å². The molecule has 15 heteroatoms. The molecule has 332 valence electrons. The van der Waals surface area contributed by atoms with Crippen molar-refractivity contribution in [3.63, 3.8) is 0 Å². The molecule has 8 rings (SSSR count). The summed E-state index contributed by atoms with van der Waals surface area (Å²) in [6.45, 7) is 25.2. The average Bonchev–Trinajstić information content (AvgIpc) is 4.07. The van der Waals surface area contributed by atoms with E-state index in [4.69, 9.17) is 41.7 Å². The Morgan fingerprint density at radius 1 is 0.734 bits per heavy atom. The summed E-state index contributed by atoms with van der Waals surface area (Å²) in [6.07, 6.45) is 3.88. The first-order chi connectivity index (χ1) is 30.9. The van der Waals surface area contributed by atoms with Crippen molar-refractivity contribution in [1.82, 2.24) is 10.6 Å². The van der Waals surface area contributed by atoms with E-state index in [0.29, 0.717) is 27.6 Å². The van der Waals surface area contributed by atoms with Crippen LogP contribution in [0, 0.1) is 27.0 Å². The number of anilines is 3. The van der Waals surface area contributed by atoms with E-state index in [0.717, 1.165) is 61.0 Å². The number of nitrogens with one attached hydrogen (secondary N) is 5. The van der Waals surface area contributed by atoms with Crippen molar-refractivity contribution < 1.29 is 29.0 Å². The van der Waals surface area contributed by atoms with Crippen molar-refractivity contribution in [3.05, 3.63) is 170 Å². The number of esters is 1. The summed E-state index contributed by atoms with van der Waals surface area (Å²) in [5.41, 5.74) is 7.36. The maximum absolute atomic E-state index is 12.3. The minimum absolute atomic E-state index is 0.0264. The number of nitrogens with zero attached hydrogens (tertiary/aromatic N) is 2. The Balaban J connectivity index is 0.000000194. The number of halogens is 1. The van der Waals surface area contributed by atoms with Crippen LogP contribution in [0.5, 0.6) is 0 Å². The first-order valence-corrected chi connectivity index (χ1v) is 21.3. The summed E-state index contributed by atoms with van der Waals surface area (Å²) in [7, 11) is 1.25. The Bertz CT molecular complexity index is 2460. The number of ether oxygens (including phenoxy) is 2. The van der Waals surface area contributed by atoms with Crippen molar-refractivity contribution in [2.24, 2.45) is 0 Å². The molecule has 0 spiro atoms. The van der Waals surface area contributed by atoms with Gasteiger partial charge in [-0.2, -0.15) is 0 Å². The molecule has 3 aliphatic rings. The zero-order chi connectivity index (χ0) is 46.3. The molecule has 2 fully saturated rings. The van der Waals surface area contributed by atoms with Crippen molar-refractivity contribution in [3.8, 4) is 0 Å². The summed E-state index contributed by atoms with van der Waals surface area (Å²) in [5, 5.41) is 25.3. The summed E-state index contributed by atoms with van der Waals surface area (Å²) >= 11 is 11.1. The van der Waals surface area contributed by atoms with E-state index in [2.05, 4.69) is 41.0 Å². The molecule has 0 saturated carbocycles. The van der Waals surface area contributed by atoms with Crippen molar-refractivity contribution in [1.29, 1.82) is 0 Å². The Kier molecular flexibility index (Phi) is 20.9. The van der Waals surface area contributed by atoms with Gasteiger partial charge in [-0.1, -0.05) is 77.4 Å². The third-order valence-corrected chi connectivity index (χ3v) is 10.1. The second-order valence-corrected chi connectivity index (χ2v) is 15.3. The number of carboxylic acids is 1. The maximum Gasteiger partial charge on any atom is 0.338 e. The number of carboxylic acid groups (broad SMARTS) is 1. The number of carbonyl (C=O) groups excluding carboxylic acids is 2. The topological polar surface area (TPSA) is 159 Å². The molecule has 0 radical (unpaired) electrons. The Morgan fingerprint density at radius 2 is 1.31 bits per heavy atom. The number of rotatable bonds is 6. The molecule has 64 heavy (non-hydrogen) atoms. The summed E-state index contributed by atoms with van der Waals surface area (Å²) in [4.78, 5) is 42.3. The Morgan fingerprint density at radius 3 is 1.83 bits per heavy atom. The van der Waals surface area contributed by atoms with Gasteiger partial charge in [0.25, 0.3) is 5.91 Å². The van der Waals surface area contributed by atoms with E-state index >= 15 is 0 Å². The maximum atomic E-state index is 12.3. The summed E-state index contributed by atoms with van der Waals surface area (Å²) in [5.74, 6) is -2.04. The molecule has 5 aromatic carbocycles. The fraction of sp³-hybridized carbons (Fsp3) is 0.265. The highest BCUT2D eigenvalue weighted by Gasteiger charge is 2.16. The van der Waals surface area contributed by atoms with Crippen LogP contribution in [0.4, 0.5) is 28.4 Å². The molecule has 6 N–H and O–H groups in total. The van der Waals surface area contributed by atoms with Gasteiger partial charge < -0.3 is 41.2 Å². The van der Waals surface area contributed by atoms with Crippen LogP contribution in [-0.2, 0) is 15.9 Å². The van der Waals surface area contributed by atoms with Gasteiger partial charge in [0.2, 0.25) is 0 Å². The number of thiocarbonyl (C=S) groups is 1. The van der Waals surface area contributed by atoms with E-state index in [1.807, 2.05) is 62.4 Å². The summed E-state index contributed by atoms with van der Waals surface area (Å²) < 4.78 is 9.70. The number of carbonyl (C=O) groups is 3. The first-order valence-electron chi connectivity index (χ1n) is 20.5. The molecule has 3 heterocycles. The van der Waals surface area contributed by atoms with Crippen LogP contribution in [0.2, 0.25) is 5.02 Å². The molecule has 0 aromatic heterocycles. The molecule has 2 saturated heterocycles. The van der Waals surface area contributed by atoms with Crippen LogP contribution in [-0.4, -0.2) is 81.0 Å². The molecule has 13 nitrogen and oxygen atoms in total. The third-order valence-electron chi connectivity index (χ3n) is 9.54. The predicted octanol–water partition coefficient (Wildman–Crippen LogP) is 9.90. The first kappa shape index (κ1) is 50.0. The van der Waals surface area contributed by atoms with Gasteiger partial charge in [-0.05, 0) is 112 Å². The number of benzene rings is 5. The van der Waals surface area contributed by atoms with Crippen molar-refractivity contribution in [2.45, 2.75) is 33.1 Å². The Hall–Kier alpha value is -6.65. The largest absolute Gasteiger partial charge is 0.478 e. The Labute approximate surface area is 385 Å². The zero-order valence-corrected chi connectivity index (χ0v) is 37.6. The number of methoxy groups -OCH3 is 1. The third kappa shape index (κ3) is 16.6. The molecule has 0 aliphatic carbocycles. The fourth-order valence-corrected chi connectivity index (χ4v) is 6.68. The lowest BCUT2D eigenvalue weighted by Gasteiger charge is -2.11. The SMILES string of the molecule is C1CCNC1.C1COCCN1.Clc1ccc2c(c1)CCN2.[C-]#[N+]c1ccc(NC(=O)c2cccc(C)c2)c(C(=O)OC)c1.[C-]#[N+]c1ccc(NC(=S)c2cccc(C)c2)c(C(=O)O)c1. The van der Waals surface area contributed by atoms with Crippen LogP contribution in [0.1, 0.15) is 66.2 Å². The normalized spacial score (nSPS) is 12.9. The van der Waals surface area contributed by atoms with Crippen molar-refractivity contribution >= 4 is 75.1 Å². The van der Waals surface area contributed by atoms with Crippen LogP contribution < -0.4 is 26.6 Å². The number of amides is 1. The van der Waals surface area contributed by atoms with Gasteiger partial charge in [0.15, 0.2) is 11.4 Å². The van der Waals surface area contributed by atoms with Gasteiger partial charge in [0.05, 0.1) is 56.0 Å². The smallest absolute Gasteiger partial charge is 0.338 e. The number of hydrogen-bond donors (Lipinski definition) is 6. The predicted molar refractivity (Wildman–Crippen MR) is 259 cm³/mol. The molecular formula is C49H52ClN7O6S. The quantitative estimate of drug-likeness (QED) is 0.0548. The van der Waals surface area contributed by atoms with Crippen LogP contribution >= 0.6 is 23.8 Å². The van der Waals surface area contributed by atoms with Crippen LogP contribution in [0.15, 0.2) is 103 Å². The van der Waals surface area contributed by atoms with Gasteiger partial charge >= 0.3 is 11.9 Å². The second kappa shape index (κ2) is 26.7. The molecule has 1 amide bonds. The van der Waals surface area contributed by atoms with Gasteiger partial charge in [0, 0.05) is 41.5 Å². The number of hydrogen-bond acceptors (Lipinski definition) is 9. The molecule has 3 aliphatic heterocycles. The standard InChI is InChI=1S/C17H14N2O3.C16H12N2O2S.C8H8ClN.C4H9NO.C4H9N/c1-11-5-4-6-12(9-11)16(20)19-15-8-7-13(18-2)10-14(15)17(21)22-3;1-10-4-3-5-11(8-10)15(21)18-14-7-6-12(17-2)9-13(14)16(19)20;9-7-1-2-8-6(5-7)3-4-10-8;1-3-6-4-2-5-1;1-2-4-5-3-1/h4-10H,1,3H3,(H,19,20);3-9H,1H3,(H,18,21)(H,19,20);1-2,5,10H,3-4H2;5H,1-4H2;5H,1-4H2. The highest BCUT2D eigenvalue weighted by molar-refractivity contribution is 7.81. The van der Waals surface area contributed by atoms with E-state index in [1.54, 1.807) is 30.3 Å². The molecular weight excluding hydrogens is 850 g/mol. The number of morpholine rings is 1. The van der Waals surface area contributed by atoms with Gasteiger partial charge in [-0.15, -0.1) is 0 Å². The minimum Gasteiger partial charge on any atom is -0.478 e. The minimum atomic E-state index is -1.10. The monoisotopic (exact) mass is 901 g/mol. The lowest BCUT2D eigenvalue weighted by Crippen LogP contribution is -2.30. The highest BCUT2D eigenvalue weighted by Crippen LogP contribution is 2.26. The zero-order valence-electron chi connectivity index (χ0n) is 36.1. The molecule has 0 unspecified atom stereocenters. The fourth-order valence-electron chi connectivity index (χ4n) is 6.25. The lowest BCUT2D eigenvalue weighted by atomic mass is 10.1. The molecule has 5 aromatic rings. The van der Waals surface area contributed by atoms with Gasteiger partial charge in [-0.25, -0.2) is 19.3 Å². The van der Waals surface area contributed by atoms with E-state index in [1.165, 1.54) is 68.6 Å². The van der Waals surface area contributed by atoms with E-state index < -0.39 is 11.9 Å². The molecule has 0 atom stereocenters. The number of aromatic carboxylic acids is 1. The van der Waals surface area contributed by atoms with E-state index in [9.17, 15) is 19.5 Å². The van der Waals surface area contributed by atoms with Gasteiger partial charge in [-0.3, -0.25) is 4.79 Å².